The summed E-state index contributed by atoms with van der Waals surface area (Å²) in [4.78, 5) is 12.9. The van der Waals surface area contributed by atoms with E-state index in [2.05, 4.69) is 0 Å². The second-order valence-corrected chi connectivity index (χ2v) is 5.99. The summed E-state index contributed by atoms with van der Waals surface area (Å²) >= 11 is 0. The van der Waals surface area contributed by atoms with Crippen LogP contribution >= 0.6 is 0 Å². The topological polar surface area (TPSA) is 53.1 Å². The van der Waals surface area contributed by atoms with Crippen molar-refractivity contribution in [1.29, 1.82) is 0 Å². The Morgan fingerprint density at radius 1 is 1.37 bits per heavy atom. The Morgan fingerprint density at radius 3 is 2.26 bits per heavy atom. The maximum atomic E-state index is 11.5. The van der Waals surface area contributed by atoms with E-state index in [0.717, 1.165) is 17.7 Å². The van der Waals surface area contributed by atoms with Gasteiger partial charge in [0, 0.05) is 5.54 Å². The van der Waals surface area contributed by atoms with E-state index in [9.17, 15) is 9.90 Å². The molecule has 0 spiro atoms. The van der Waals surface area contributed by atoms with Gasteiger partial charge in [0.25, 0.3) is 0 Å². The number of ether oxygens (including phenoxy) is 1. The molecule has 0 radical (unpaired) electrons. The van der Waals surface area contributed by atoms with E-state index in [4.69, 9.17) is 4.74 Å². The zero-order valence-electron chi connectivity index (χ0n) is 11.9. The van der Waals surface area contributed by atoms with Gasteiger partial charge >= 0.3 is 6.09 Å². The fourth-order valence-corrected chi connectivity index (χ4v) is 2.41. The number of nitrogens with zero attached hydrogens (tertiary/aromatic N) is 1. The van der Waals surface area contributed by atoms with Gasteiger partial charge < -0.3 is 9.84 Å². The fraction of sp³-hybridized carbons (Fsp3) is 0.533. The van der Waals surface area contributed by atoms with Gasteiger partial charge in [-0.05, 0) is 38.8 Å². The summed E-state index contributed by atoms with van der Waals surface area (Å²) in [6.07, 6.45) is -0.655. The Hall–Kier alpha value is -1.55. The van der Waals surface area contributed by atoms with Gasteiger partial charge in [-0.15, -0.1) is 0 Å². The number of hydrogen-bond donors (Lipinski definition) is 1. The molecule has 1 aliphatic rings. The zero-order valence-corrected chi connectivity index (χ0v) is 11.9. The van der Waals surface area contributed by atoms with E-state index in [0.29, 0.717) is 0 Å². The SMILES string of the molecule is C[C@@H](c1ccc([C@H]2CO2)cc1)N(C(=O)O)C(C)(C)C. The molecular formula is C15H21NO3. The van der Waals surface area contributed by atoms with Gasteiger partial charge in [0.15, 0.2) is 0 Å². The van der Waals surface area contributed by atoms with Crippen molar-refractivity contribution in [3.05, 3.63) is 35.4 Å². The molecule has 1 N–H and O–H groups in total. The van der Waals surface area contributed by atoms with Crippen molar-refractivity contribution >= 4 is 6.09 Å². The van der Waals surface area contributed by atoms with Gasteiger partial charge in [-0.1, -0.05) is 24.3 Å². The van der Waals surface area contributed by atoms with Gasteiger partial charge in [-0.2, -0.15) is 0 Å². The number of hydrogen-bond acceptors (Lipinski definition) is 2. The Morgan fingerprint density at radius 2 is 1.89 bits per heavy atom. The number of rotatable bonds is 3. The van der Waals surface area contributed by atoms with E-state index in [1.807, 2.05) is 52.0 Å². The minimum atomic E-state index is -0.894. The number of carboxylic acid groups (broad SMARTS) is 1. The van der Waals surface area contributed by atoms with Crippen molar-refractivity contribution < 1.29 is 14.6 Å². The molecule has 1 fully saturated rings. The highest BCUT2D eigenvalue weighted by molar-refractivity contribution is 5.66. The van der Waals surface area contributed by atoms with Crippen LogP contribution in [-0.4, -0.2) is 28.2 Å². The maximum absolute atomic E-state index is 11.5. The summed E-state index contributed by atoms with van der Waals surface area (Å²) < 4.78 is 5.23. The summed E-state index contributed by atoms with van der Waals surface area (Å²) in [5.74, 6) is 0. The summed E-state index contributed by atoms with van der Waals surface area (Å²) in [6, 6.07) is 7.84. The first kappa shape index (κ1) is 13.9. The van der Waals surface area contributed by atoms with Gasteiger partial charge in [0.1, 0.15) is 6.10 Å². The molecule has 1 amide bonds. The van der Waals surface area contributed by atoms with Gasteiger partial charge in [-0.25, -0.2) is 4.79 Å². The van der Waals surface area contributed by atoms with Crippen molar-refractivity contribution in [3.63, 3.8) is 0 Å². The molecule has 1 heterocycles. The third-order valence-corrected chi connectivity index (χ3v) is 3.44. The molecule has 1 aliphatic heterocycles. The zero-order chi connectivity index (χ0) is 14.2. The Labute approximate surface area is 114 Å². The van der Waals surface area contributed by atoms with E-state index in [-0.39, 0.29) is 12.1 Å². The minimum Gasteiger partial charge on any atom is -0.465 e. The van der Waals surface area contributed by atoms with E-state index < -0.39 is 11.6 Å². The average Bonchev–Trinajstić information content (AvgIpc) is 3.10. The van der Waals surface area contributed by atoms with Crippen LogP contribution in [0.1, 0.15) is 51.0 Å². The predicted octanol–water partition coefficient (Wildman–Crippen LogP) is 3.60. The molecule has 104 valence electrons. The van der Waals surface area contributed by atoms with Crippen molar-refractivity contribution in [2.75, 3.05) is 6.61 Å². The lowest BCUT2D eigenvalue weighted by Gasteiger charge is -2.38. The quantitative estimate of drug-likeness (QED) is 0.848. The monoisotopic (exact) mass is 263 g/mol. The molecule has 1 saturated heterocycles. The third-order valence-electron chi connectivity index (χ3n) is 3.44. The van der Waals surface area contributed by atoms with Crippen LogP contribution in [0.3, 0.4) is 0 Å². The molecule has 0 saturated carbocycles. The highest BCUT2D eigenvalue weighted by Gasteiger charge is 2.32. The molecule has 0 aliphatic carbocycles. The predicted molar refractivity (Wildman–Crippen MR) is 73.2 cm³/mol. The van der Waals surface area contributed by atoms with Gasteiger partial charge in [0.2, 0.25) is 0 Å². The van der Waals surface area contributed by atoms with Crippen LogP contribution in [0.5, 0.6) is 0 Å². The molecule has 4 nitrogen and oxygen atoms in total. The maximum Gasteiger partial charge on any atom is 0.408 e. The van der Waals surface area contributed by atoms with Crippen molar-refractivity contribution in [1.82, 2.24) is 4.90 Å². The van der Waals surface area contributed by atoms with Crippen molar-refractivity contribution in [2.24, 2.45) is 0 Å². The van der Waals surface area contributed by atoms with Gasteiger partial charge in [-0.3, -0.25) is 4.90 Å². The molecule has 4 heteroatoms. The first-order chi connectivity index (χ1) is 8.80. The Bertz CT molecular complexity index is 457. The second-order valence-electron chi connectivity index (χ2n) is 5.99. The first-order valence-corrected chi connectivity index (χ1v) is 6.54. The summed E-state index contributed by atoms with van der Waals surface area (Å²) in [5.41, 5.74) is 1.74. The Balaban J connectivity index is 2.20. The lowest BCUT2D eigenvalue weighted by atomic mass is 9.98. The van der Waals surface area contributed by atoms with E-state index >= 15 is 0 Å². The third kappa shape index (κ3) is 3.07. The van der Waals surface area contributed by atoms with E-state index in [1.165, 1.54) is 4.90 Å². The van der Waals surface area contributed by atoms with Gasteiger partial charge in [0.05, 0.1) is 12.6 Å². The van der Waals surface area contributed by atoms with Crippen LogP contribution in [0, 0.1) is 0 Å². The lowest BCUT2D eigenvalue weighted by molar-refractivity contribution is 0.0753. The number of benzene rings is 1. The highest BCUT2D eigenvalue weighted by Crippen LogP contribution is 2.32. The molecule has 2 atom stereocenters. The van der Waals surface area contributed by atoms with E-state index in [1.54, 1.807) is 0 Å². The van der Waals surface area contributed by atoms with Crippen LogP contribution in [0.25, 0.3) is 0 Å². The van der Waals surface area contributed by atoms with Crippen molar-refractivity contribution in [2.45, 2.75) is 45.4 Å². The number of carbonyl (C=O) groups is 1. The van der Waals surface area contributed by atoms with Crippen LogP contribution in [0.4, 0.5) is 4.79 Å². The summed E-state index contributed by atoms with van der Waals surface area (Å²) in [6.45, 7) is 8.43. The molecule has 0 aromatic heterocycles. The van der Waals surface area contributed by atoms with Crippen LogP contribution in [-0.2, 0) is 4.74 Å². The molecule has 1 aromatic rings. The summed E-state index contributed by atoms with van der Waals surface area (Å²) in [5, 5.41) is 9.40. The number of amides is 1. The molecular weight excluding hydrogens is 242 g/mol. The standard InChI is InChI=1S/C15H21NO3/c1-10(16(14(17)18)15(2,3)4)11-5-7-12(8-6-11)13-9-19-13/h5-8,10,13H,9H2,1-4H3,(H,17,18)/t10-,13+/m0/s1. The first-order valence-electron chi connectivity index (χ1n) is 6.54. The smallest absolute Gasteiger partial charge is 0.408 e. The highest BCUT2D eigenvalue weighted by atomic mass is 16.6. The normalized spacial score (nSPS) is 19.9. The molecule has 19 heavy (non-hydrogen) atoms. The molecule has 1 aromatic carbocycles. The molecule has 0 bridgehead atoms. The largest absolute Gasteiger partial charge is 0.465 e. The van der Waals surface area contributed by atoms with Crippen LogP contribution in [0.15, 0.2) is 24.3 Å². The summed E-state index contributed by atoms with van der Waals surface area (Å²) in [7, 11) is 0. The average molecular weight is 263 g/mol. The Kier molecular flexibility index (Phi) is 3.54. The second kappa shape index (κ2) is 4.85. The van der Waals surface area contributed by atoms with Crippen molar-refractivity contribution in [3.8, 4) is 0 Å². The molecule has 2 rings (SSSR count). The molecule has 0 unspecified atom stereocenters. The van der Waals surface area contributed by atoms with Crippen LogP contribution in [0.2, 0.25) is 0 Å². The number of epoxide rings is 1. The van der Waals surface area contributed by atoms with Crippen LogP contribution < -0.4 is 0 Å². The minimum absolute atomic E-state index is 0.174. The fourth-order valence-electron chi connectivity index (χ4n) is 2.41. The lowest BCUT2D eigenvalue weighted by Crippen LogP contribution is -2.46.